The van der Waals surface area contributed by atoms with Crippen LogP contribution in [0.5, 0.6) is 5.75 Å². The molecule has 1 unspecified atom stereocenters. The minimum absolute atomic E-state index is 0.00193. The topological polar surface area (TPSA) is 114 Å². The van der Waals surface area contributed by atoms with Gasteiger partial charge < -0.3 is 14.3 Å². The van der Waals surface area contributed by atoms with E-state index in [0.29, 0.717) is 16.5 Å². The molecule has 0 aliphatic carbocycles. The van der Waals surface area contributed by atoms with Gasteiger partial charge in [0.2, 0.25) is 0 Å². The molecule has 0 saturated carbocycles. The number of fused-ring (bicyclic) bond motifs is 2. The molecule has 0 spiro atoms. The summed E-state index contributed by atoms with van der Waals surface area (Å²) in [6.07, 6.45) is 0.231. The number of aryl methyl sites for hydroxylation is 1. The summed E-state index contributed by atoms with van der Waals surface area (Å²) in [5.41, 5.74) is 0.843. The van der Waals surface area contributed by atoms with Gasteiger partial charge in [-0.05, 0) is 43.5 Å². The summed E-state index contributed by atoms with van der Waals surface area (Å²) in [6.45, 7) is 5.10. The number of carbonyl (C=O) groups excluding carboxylic acids is 3. The molecule has 1 aliphatic rings. The molecule has 2 amide bonds. The number of carbonyl (C=O) groups is 3. The van der Waals surface area contributed by atoms with Crippen molar-refractivity contribution in [1.29, 1.82) is 0 Å². The third kappa shape index (κ3) is 4.00. The smallest absolute Gasteiger partial charge is 0.336 e. The number of hydrogen-bond acceptors (Lipinski definition) is 7. The van der Waals surface area contributed by atoms with E-state index in [-0.39, 0.29) is 41.4 Å². The van der Waals surface area contributed by atoms with Crippen LogP contribution in [0.1, 0.15) is 52.1 Å². The van der Waals surface area contributed by atoms with Crippen molar-refractivity contribution in [2.75, 3.05) is 0 Å². The Kier molecular flexibility index (Phi) is 5.76. The Labute approximate surface area is 189 Å². The van der Waals surface area contributed by atoms with E-state index in [2.05, 4.69) is 0 Å². The quantitative estimate of drug-likeness (QED) is 0.348. The Bertz CT molecular complexity index is 1300. The minimum atomic E-state index is -1.10. The van der Waals surface area contributed by atoms with Crippen LogP contribution in [0.25, 0.3) is 11.0 Å². The Morgan fingerprint density at radius 3 is 2.30 bits per heavy atom. The van der Waals surface area contributed by atoms with Crippen molar-refractivity contribution in [3.05, 3.63) is 75.1 Å². The Morgan fingerprint density at radius 2 is 1.70 bits per heavy atom. The second kappa shape index (κ2) is 8.54. The Morgan fingerprint density at radius 1 is 1.06 bits per heavy atom. The van der Waals surface area contributed by atoms with Crippen molar-refractivity contribution in [1.82, 2.24) is 4.90 Å². The first-order chi connectivity index (χ1) is 15.7. The number of nitrogens with zero attached hydrogens (tertiary/aromatic N) is 1. The van der Waals surface area contributed by atoms with E-state index < -0.39 is 29.5 Å². The van der Waals surface area contributed by atoms with Crippen LogP contribution in [0.15, 0.2) is 51.7 Å². The molecular weight excluding hydrogens is 426 g/mol. The predicted octanol–water partition coefficient (Wildman–Crippen LogP) is 3.56. The van der Waals surface area contributed by atoms with Crippen LogP contribution >= 0.6 is 0 Å². The molecule has 1 atom stereocenters. The van der Waals surface area contributed by atoms with E-state index in [1.54, 1.807) is 37.3 Å². The van der Waals surface area contributed by atoms with Crippen LogP contribution in [0.3, 0.4) is 0 Å². The summed E-state index contributed by atoms with van der Waals surface area (Å²) in [4.78, 5) is 51.9. The molecule has 2 aromatic carbocycles. The highest BCUT2D eigenvalue weighted by Crippen LogP contribution is 2.29. The molecule has 170 valence electrons. The number of imide groups is 1. The van der Waals surface area contributed by atoms with E-state index in [1.165, 1.54) is 12.1 Å². The average molecular weight is 449 g/mol. The van der Waals surface area contributed by atoms with E-state index in [4.69, 9.17) is 9.15 Å². The van der Waals surface area contributed by atoms with Crippen molar-refractivity contribution in [3.8, 4) is 5.75 Å². The van der Waals surface area contributed by atoms with Crippen molar-refractivity contribution in [2.45, 2.75) is 39.8 Å². The molecule has 2 heterocycles. The molecule has 0 fully saturated rings. The monoisotopic (exact) mass is 449 g/mol. The van der Waals surface area contributed by atoms with Crippen LogP contribution < -0.4 is 5.63 Å². The van der Waals surface area contributed by atoms with E-state index in [0.717, 1.165) is 4.90 Å². The van der Waals surface area contributed by atoms with Gasteiger partial charge in [-0.15, -0.1) is 0 Å². The zero-order valence-corrected chi connectivity index (χ0v) is 18.5. The maximum atomic E-state index is 13.1. The number of benzene rings is 2. The van der Waals surface area contributed by atoms with Crippen LogP contribution in [0.4, 0.5) is 0 Å². The highest BCUT2D eigenvalue weighted by molar-refractivity contribution is 6.22. The van der Waals surface area contributed by atoms with Gasteiger partial charge in [0.25, 0.3) is 11.8 Å². The lowest BCUT2D eigenvalue weighted by molar-refractivity contribution is -0.150. The third-order valence-corrected chi connectivity index (χ3v) is 5.69. The number of esters is 1. The number of hydrogen-bond donors (Lipinski definition) is 1. The fourth-order valence-corrected chi connectivity index (χ4v) is 4.02. The van der Waals surface area contributed by atoms with Crippen LogP contribution in [0.2, 0.25) is 0 Å². The van der Waals surface area contributed by atoms with Crippen LogP contribution in [-0.2, 0) is 16.1 Å². The van der Waals surface area contributed by atoms with Crippen molar-refractivity contribution in [2.24, 2.45) is 5.92 Å². The van der Waals surface area contributed by atoms with Crippen molar-refractivity contribution >= 4 is 28.8 Å². The SMILES string of the molecule is Cc1c(O)ccc2c(COC(=O)C(CC(C)C)N3C(=O)c4ccccc4C3=O)cc(=O)oc12. The number of amides is 2. The molecule has 1 aromatic heterocycles. The first kappa shape index (κ1) is 22.3. The zero-order valence-electron chi connectivity index (χ0n) is 18.5. The van der Waals surface area contributed by atoms with Crippen LogP contribution in [-0.4, -0.2) is 33.8 Å². The normalized spacial score (nSPS) is 14.1. The average Bonchev–Trinajstić information content (AvgIpc) is 3.03. The zero-order chi connectivity index (χ0) is 23.9. The predicted molar refractivity (Wildman–Crippen MR) is 119 cm³/mol. The Balaban J connectivity index is 1.63. The van der Waals surface area contributed by atoms with Gasteiger partial charge >= 0.3 is 11.6 Å². The molecule has 0 bridgehead atoms. The highest BCUT2D eigenvalue weighted by Gasteiger charge is 2.43. The van der Waals surface area contributed by atoms with E-state index in [9.17, 15) is 24.3 Å². The number of phenols is 1. The van der Waals surface area contributed by atoms with E-state index >= 15 is 0 Å². The van der Waals surface area contributed by atoms with Gasteiger partial charge in [0.05, 0.1) is 11.1 Å². The molecule has 4 rings (SSSR count). The first-order valence-electron chi connectivity index (χ1n) is 10.6. The second-order valence-corrected chi connectivity index (χ2v) is 8.46. The lowest BCUT2D eigenvalue weighted by Gasteiger charge is -2.26. The summed E-state index contributed by atoms with van der Waals surface area (Å²) in [6, 6.07) is 9.58. The number of ether oxygens (including phenoxy) is 1. The lowest BCUT2D eigenvalue weighted by Crippen LogP contribution is -2.46. The summed E-state index contributed by atoms with van der Waals surface area (Å²) >= 11 is 0. The third-order valence-electron chi connectivity index (χ3n) is 5.69. The fourth-order valence-electron chi connectivity index (χ4n) is 4.02. The molecule has 1 aliphatic heterocycles. The van der Waals surface area contributed by atoms with Gasteiger partial charge in [0, 0.05) is 22.6 Å². The summed E-state index contributed by atoms with van der Waals surface area (Å²) < 4.78 is 10.7. The fraction of sp³-hybridized carbons (Fsp3) is 0.280. The van der Waals surface area contributed by atoms with Gasteiger partial charge in [-0.25, -0.2) is 9.59 Å². The maximum Gasteiger partial charge on any atom is 0.336 e. The van der Waals surface area contributed by atoms with Gasteiger partial charge in [-0.1, -0.05) is 26.0 Å². The molecule has 33 heavy (non-hydrogen) atoms. The largest absolute Gasteiger partial charge is 0.508 e. The van der Waals surface area contributed by atoms with Crippen molar-refractivity contribution in [3.63, 3.8) is 0 Å². The van der Waals surface area contributed by atoms with Crippen molar-refractivity contribution < 1.29 is 28.6 Å². The molecule has 8 nitrogen and oxygen atoms in total. The standard InChI is InChI=1S/C25H23NO7/c1-13(2)10-19(26-23(29)17-6-4-5-7-18(17)24(26)30)25(31)32-12-15-11-21(28)33-22-14(3)20(27)9-8-16(15)22/h4-9,11,13,19,27H,10,12H2,1-3H3. The first-order valence-corrected chi connectivity index (χ1v) is 10.6. The summed E-state index contributed by atoms with van der Waals surface area (Å²) in [5.74, 6) is -1.83. The molecule has 3 aromatic rings. The second-order valence-electron chi connectivity index (χ2n) is 8.46. The van der Waals surface area contributed by atoms with E-state index in [1.807, 2.05) is 13.8 Å². The lowest BCUT2D eigenvalue weighted by atomic mass is 10.0. The molecular formula is C25H23NO7. The number of phenolic OH excluding ortho intramolecular Hbond substituents is 1. The van der Waals surface area contributed by atoms with Gasteiger partial charge in [0.1, 0.15) is 24.0 Å². The molecule has 8 heteroatoms. The Hall–Kier alpha value is -3.94. The van der Waals surface area contributed by atoms with Gasteiger partial charge in [0.15, 0.2) is 0 Å². The molecule has 1 N–H and O–H groups in total. The minimum Gasteiger partial charge on any atom is -0.508 e. The molecule has 0 saturated heterocycles. The maximum absolute atomic E-state index is 13.1. The summed E-state index contributed by atoms with van der Waals surface area (Å²) in [7, 11) is 0. The van der Waals surface area contributed by atoms with Crippen LogP contribution in [0, 0.1) is 12.8 Å². The van der Waals surface area contributed by atoms with Gasteiger partial charge in [-0.2, -0.15) is 0 Å². The number of rotatable bonds is 6. The molecule has 0 radical (unpaired) electrons. The number of aromatic hydroxyl groups is 1. The summed E-state index contributed by atoms with van der Waals surface area (Å²) in [5, 5.41) is 10.4. The van der Waals surface area contributed by atoms with Gasteiger partial charge in [-0.3, -0.25) is 14.5 Å². The highest BCUT2D eigenvalue weighted by atomic mass is 16.5.